The van der Waals surface area contributed by atoms with E-state index in [4.69, 9.17) is 14.0 Å². The van der Waals surface area contributed by atoms with Gasteiger partial charge in [-0.3, -0.25) is 4.79 Å². The van der Waals surface area contributed by atoms with Crippen LogP contribution in [0.5, 0.6) is 11.5 Å². The van der Waals surface area contributed by atoms with E-state index in [0.717, 1.165) is 17.1 Å². The third kappa shape index (κ3) is 5.81. The number of hydrogen-bond donors (Lipinski definition) is 0. The number of carbonyl (C=O) groups excluding carboxylic acids is 1. The predicted molar refractivity (Wildman–Crippen MR) is 109 cm³/mol. The Labute approximate surface area is 170 Å². The van der Waals surface area contributed by atoms with Gasteiger partial charge in [0.15, 0.2) is 0 Å². The van der Waals surface area contributed by atoms with Crippen LogP contribution in [0.2, 0.25) is 0 Å². The van der Waals surface area contributed by atoms with Crippen molar-refractivity contribution in [1.82, 2.24) is 15.0 Å². The van der Waals surface area contributed by atoms with Crippen LogP contribution < -0.4 is 9.47 Å². The summed E-state index contributed by atoms with van der Waals surface area (Å²) in [6.07, 6.45) is 1.03. The molecule has 1 heterocycles. The number of hydrogen-bond acceptors (Lipinski definition) is 6. The van der Waals surface area contributed by atoms with E-state index in [1.807, 2.05) is 55.5 Å². The van der Waals surface area contributed by atoms with Crippen molar-refractivity contribution in [2.24, 2.45) is 0 Å². The first kappa shape index (κ1) is 20.4. The molecule has 7 nitrogen and oxygen atoms in total. The third-order valence-electron chi connectivity index (χ3n) is 4.44. The standard InChI is InChI=1S/C22H25N3O4/c1-16-6-10-19(11-7-16)28-14-4-5-21(26)25(2)15-20-23-22(24-29-20)17-8-12-18(27-3)13-9-17/h6-13H,4-5,14-15H2,1-3H3. The second kappa shape index (κ2) is 9.73. The van der Waals surface area contributed by atoms with E-state index in [2.05, 4.69) is 10.1 Å². The number of ether oxygens (including phenoxy) is 2. The Morgan fingerprint density at radius 2 is 1.76 bits per heavy atom. The largest absolute Gasteiger partial charge is 0.497 e. The number of nitrogens with zero attached hydrogens (tertiary/aromatic N) is 3. The normalized spacial score (nSPS) is 10.6. The van der Waals surface area contributed by atoms with E-state index in [1.165, 1.54) is 5.56 Å². The number of rotatable bonds is 9. The zero-order valence-electron chi connectivity index (χ0n) is 16.9. The Morgan fingerprint density at radius 1 is 1.07 bits per heavy atom. The fourth-order valence-corrected chi connectivity index (χ4v) is 2.71. The van der Waals surface area contributed by atoms with E-state index < -0.39 is 0 Å². The highest BCUT2D eigenvalue weighted by molar-refractivity contribution is 5.75. The molecule has 1 aromatic heterocycles. The molecule has 0 saturated heterocycles. The van der Waals surface area contributed by atoms with Gasteiger partial charge in [-0.05, 0) is 49.7 Å². The zero-order valence-corrected chi connectivity index (χ0v) is 16.9. The molecule has 1 amide bonds. The number of benzene rings is 2. The molecule has 152 valence electrons. The monoisotopic (exact) mass is 395 g/mol. The maximum absolute atomic E-state index is 12.3. The Morgan fingerprint density at radius 3 is 2.45 bits per heavy atom. The van der Waals surface area contributed by atoms with Crippen LogP contribution in [0.25, 0.3) is 11.4 Å². The fraction of sp³-hybridized carbons (Fsp3) is 0.318. The fourth-order valence-electron chi connectivity index (χ4n) is 2.71. The first-order chi connectivity index (χ1) is 14.0. The van der Waals surface area contributed by atoms with E-state index in [0.29, 0.717) is 31.2 Å². The second-order valence-electron chi connectivity index (χ2n) is 6.76. The van der Waals surface area contributed by atoms with Crippen LogP contribution in [0.15, 0.2) is 53.1 Å². The molecule has 0 spiro atoms. The summed E-state index contributed by atoms with van der Waals surface area (Å²) in [6, 6.07) is 15.2. The van der Waals surface area contributed by atoms with Gasteiger partial charge in [0.05, 0.1) is 20.3 Å². The van der Waals surface area contributed by atoms with Gasteiger partial charge in [0.25, 0.3) is 0 Å². The van der Waals surface area contributed by atoms with Crippen molar-refractivity contribution in [3.63, 3.8) is 0 Å². The Balaban J connectivity index is 1.44. The van der Waals surface area contributed by atoms with Crippen molar-refractivity contribution in [1.29, 1.82) is 0 Å². The maximum atomic E-state index is 12.3. The minimum Gasteiger partial charge on any atom is -0.497 e. The lowest BCUT2D eigenvalue weighted by molar-refractivity contribution is -0.131. The lowest BCUT2D eigenvalue weighted by Gasteiger charge is -2.14. The minimum atomic E-state index is 0.00158. The molecule has 3 aromatic rings. The summed E-state index contributed by atoms with van der Waals surface area (Å²) < 4.78 is 16.1. The lowest BCUT2D eigenvalue weighted by atomic mass is 10.2. The number of aromatic nitrogens is 2. The van der Waals surface area contributed by atoms with Crippen molar-refractivity contribution < 1.29 is 18.8 Å². The predicted octanol–water partition coefficient (Wildman–Crippen LogP) is 3.87. The number of methoxy groups -OCH3 is 1. The van der Waals surface area contributed by atoms with Crippen molar-refractivity contribution in [2.75, 3.05) is 20.8 Å². The van der Waals surface area contributed by atoms with Gasteiger partial charge in [-0.2, -0.15) is 4.98 Å². The van der Waals surface area contributed by atoms with Crippen LogP contribution >= 0.6 is 0 Å². The van der Waals surface area contributed by atoms with Crippen molar-refractivity contribution in [2.45, 2.75) is 26.3 Å². The topological polar surface area (TPSA) is 77.7 Å². The van der Waals surface area contributed by atoms with Crippen molar-refractivity contribution in [3.05, 3.63) is 60.0 Å². The molecule has 0 N–H and O–H groups in total. The van der Waals surface area contributed by atoms with Gasteiger partial charge < -0.3 is 18.9 Å². The van der Waals surface area contributed by atoms with Crippen LogP contribution in [0, 0.1) is 6.92 Å². The highest BCUT2D eigenvalue weighted by Gasteiger charge is 2.14. The highest BCUT2D eigenvalue weighted by Crippen LogP contribution is 2.20. The van der Waals surface area contributed by atoms with E-state index >= 15 is 0 Å². The van der Waals surface area contributed by atoms with E-state index in [-0.39, 0.29) is 12.5 Å². The molecule has 0 bridgehead atoms. The van der Waals surface area contributed by atoms with Crippen LogP contribution in [0.3, 0.4) is 0 Å². The molecule has 29 heavy (non-hydrogen) atoms. The molecule has 0 fully saturated rings. The van der Waals surface area contributed by atoms with Crippen molar-refractivity contribution in [3.8, 4) is 22.9 Å². The molecule has 0 aliphatic rings. The van der Waals surface area contributed by atoms with Gasteiger partial charge in [0.1, 0.15) is 11.5 Å². The quantitative estimate of drug-likeness (QED) is 0.512. The molecule has 0 aliphatic carbocycles. The highest BCUT2D eigenvalue weighted by atomic mass is 16.5. The minimum absolute atomic E-state index is 0.00158. The summed E-state index contributed by atoms with van der Waals surface area (Å²) in [5, 5.41) is 3.98. The summed E-state index contributed by atoms with van der Waals surface area (Å²) in [5.74, 6) is 2.45. The molecule has 0 unspecified atom stereocenters. The molecule has 7 heteroatoms. The Hall–Kier alpha value is -3.35. The molecule has 0 radical (unpaired) electrons. The van der Waals surface area contributed by atoms with Crippen LogP contribution in [-0.2, 0) is 11.3 Å². The number of carbonyl (C=O) groups is 1. The van der Waals surface area contributed by atoms with Gasteiger partial charge in [0.2, 0.25) is 17.6 Å². The third-order valence-corrected chi connectivity index (χ3v) is 4.44. The average molecular weight is 395 g/mol. The van der Waals surface area contributed by atoms with Gasteiger partial charge in [-0.25, -0.2) is 0 Å². The van der Waals surface area contributed by atoms with E-state index in [1.54, 1.807) is 19.1 Å². The summed E-state index contributed by atoms with van der Waals surface area (Å²) in [5.41, 5.74) is 2.01. The molecule has 2 aromatic carbocycles. The van der Waals surface area contributed by atoms with Gasteiger partial charge in [-0.15, -0.1) is 0 Å². The van der Waals surface area contributed by atoms with E-state index in [9.17, 15) is 4.79 Å². The van der Waals surface area contributed by atoms with Gasteiger partial charge in [0, 0.05) is 19.0 Å². The maximum Gasteiger partial charge on any atom is 0.246 e. The number of aryl methyl sites for hydroxylation is 1. The first-order valence-corrected chi connectivity index (χ1v) is 9.45. The summed E-state index contributed by atoms with van der Waals surface area (Å²) in [7, 11) is 3.34. The number of amides is 1. The molecular weight excluding hydrogens is 370 g/mol. The second-order valence-corrected chi connectivity index (χ2v) is 6.76. The Kier molecular flexibility index (Phi) is 6.84. The SMILES string of the molecule is COc1ccc(-c2noc(CN(C)C(=O)CCCOc3ccc(C)cc3)n2)cc1. The molecule has 3 rings (SSSR count). The average Bonchev–Trinajstić information content (AvgIpc) is 3.20. The molecule has 0 saturated carbocycles. The smallest absolute Gasteiger partial charge is 0.246 e. The van der Waals surface area contributed by atoms with Crippen LogP contribution in [0.4, 0.5) is 0 Å². The van der Waals surface area contributed by atoms with Crippen LogP contribution in [-0.4, -0.2) is 41.7 Å². The molecule has 0 atom stereocenters. The zero-order chi connectivity index (χ0) is 20.6. The first-order valence-electron chi connectivity index (χ1n) is 9.45. The molecular formula is C22H25N3O4. The molecule has 0 aliphatic heterocycles. The van der Waals surface area contributed by atoms with Crippen molar-refractivity contribution >= 4 is 5.91 Å². The van der Waals surface area contributed by atoms with Gasteiger partial charge in [-0.1, -0.05) is 22.9 Å². The van der Waals surface area contributed by atoms with Gasteiger partial charge >= 0.3 is 0 Å². The summed E-state index contributed by atoms with van der Waals surface area (Å²) in [4.78, 5) is 18.3. The van der Waals surface area contributed by atoms with Crippen LogP contribution in [0.1, 0.15) is 24.3 Å². The summed E-state index contributed by atoms with van der Waals surface area (Å²) >= 11 is 0. The lowest BCUT2D eigenvalue weighted by Crippen LogP contribution is -2.26. The summed E-state index contributed by atoms with van der Waals surface area (Å²) in [6.45, 7) is 2.78. The Bertz CT molecular complexity index is 920.